The Labute approximate surface area is 103 Å². The number of hydrogen-bond donors (Lipinski definition) is 2. The number of aliphatic hydroxyl groups is 2. The molecule has 0 aromatic rings. The predicted octanol–water partition coefficient (Wildman–Crippen LogP) is -1.46. The van der Waals surface area contributed by atoms with Crippen molar-refractivity contribution in [1.82, 2.24) is 0 Å². The van der Waals surface area contributed by atoms with Crippen LogP contribution in [0.5, 0.6) is 0 Å². The van der Waals surface area contributed by atoms with Crippen LogP contribution in [-0.2, 0) is 28.5 Å². The molecule has 0 radical (unpaired) electrons. The molecule has 1 fully saturated rings. The monoisotopic (exact) mass is 264 g/mol. The topological polar surface area (TPSA) is 112 Å². The molecule has 8 nitrogen and oxygen atoms in total. The summed E-state index contributed by atoms with van der Waals surface area (Å²) in [6, 6.07) is 0. The van der Waals surface area contributed by atoms with Gasteiger partial charge in [-0.3, -0.25) is 9.59 Å². The van der Waals surface area contributed by atoms with Gasteiger partial charge in [-0.05, 0) is 0 Å². The Bertz CT molecular complexity index is 272. The van der Waals surface area contributed by atoms with Gasteiger partial charge in [0.1, 0.15) is 0 Å². The highest BCUT2D eigenvalue weighted by atomic mass is 16.9. The van der Waals surface area contributed by atoms with Crippen molar-refractivity contribution in [2.75, 3.05) is 33.0 Å². The number of esters is 2. The van der Waals surface area contributed by atoms with Crippen molar-refractivity contribution < 1.29 is 38.7 Å². The molecule has 8 heteroatoms. The molecule has 0 spiro atoms. The molecule has 104 valence electrons. The van der Waals surface area contributed by atoms with E-state index in [4.69, 9.17) is 14.6 Å². The summed E-state index contributed by atoms with van der Waals surface area (Å²) in [7, 11) is 0. The summed E-state index contributed by atoms with van der Waals surface area (Å²) in [5, 5.41) is 18.1. The Morgan fingerprint density at radius 1 is 1.06 bits per heavy atom. The lowest BCUT2D eigenvalue weighted by Crippen LogP contribution is -2.42. The third-order valence-electron chi connectivity index (χ3n) is 1.97. The van der Waals surface area contributed by atoms with Crippen molar-refractivity contribution in [2.24, 2.45) is 0 Å². The summed E-state index contributed by atoms with van der Waals surface area (Å²) in [6.45, 7) is -0.125. The number of aliphatic hydroxyl groups excluding tert-OH is 1. The van der Waals surface area contributed by atoms with Crippen molar-refractivity contribution >= 4 is 11.9 Å². The molecule has 0 saturated carbocycles. The van der Waals surface area contributed by atoms with Gasteiger partial charge in [0.05, 0.1) is 39.3 Å². The summed E-state index contributed by atoms with van der Waals surface area (Å²) in [5.41, 5.74) is 0. The fourth-order valence-corrected chi connectivity index (χ4v) is 1.23. The SMILES string of the molecule is O=C1CCC(=O)OC(O)(COCCOCCO)O1. The molecule has 1 aliphatic rings. The fourth-order valence-electron chi connectivity index (χ4n) is 1.23. The molecule has 1 saturated heterocycles. The number of hydrogen-bond acceptors (Lipinski definition) is 8. The lowest BCUT2D eigenvalue weighted by molar-refractivity contribution is -0.337. The van der Waals surface area contributed by atoms with E-state index in [1.807, 2.05) is 0 Å². The molecule has 0 amide bonds. The molecule has 0 aromatic heterocycles. The molecule has 1 rings (SSSR count). The Morgan fingerprint density at radius 3 is 2.17 bits per heavy atom. The zero-order valence-electron chi connectivity index (χ0n) is 9.79. The van der Waals surface area contributed by atoms with Crippen molar-refractivity contribution in [3.05, 3.63) is 0 Å². The molecule has 0 unspecified atom stereocenters. The maximum atomic E-state index is 11.1. The van der Waals surface area contributed by atoms with E-state index in [0.29, 0.717) is 0 Å². The van der Waals surface area contributed by atoms with Crippen LogP contribution in [0.15, 0.2) is 0 Å². The maximum Gasteiger partial charge on any atom is 0.398 e. The molecule has 0 aromatic carbocycles. The summed E-state index contributed by atoms with van der Waals surface area (Å²) < 4.78 is 19.0. The number of rotatable bonds is 7. The Morgan fingerprint density at radius 2 is 1.61 bits per heavy atom. The van der Waals surface area contributed by atoms with Crippen molar-refractivity contribution in [1.29, 1.82) is 0 Å². The van der Waals surface area contributed by atoms with Gasteiger partial charge in [-0.2, -0.15) is 0 Å². The first-order chi connectivity index (χ1) is 8.56. The number of carbonyl (C=O) groups excluding carboxylic acids is 2. The van der Waals surface area contributed by atoms with Crippen molar-refractivity contribution in [2.45, 2.75) is 18.8 Å². The zero-order chi connectivity index (χ0) is 13.4. The van der Waals surface area contributed by atoms with Gasteiger partial charge < -0.3 is 29.2 Å². The van der Waals surface area contributed by atoms with Crippen LogP contribution in [0.4, 0.5) is 0 Å². The van der Waals surface area contributed by atoms with Crippen LogP contribution in [0, 0.1) is 0 Å². The first kappa shape index (κ1) is 14.8. The van der Waals surface area contributed by atoms with Crippen LogP contribution in [0.2, 0.25) is 0 Å². The molecule has 2 N–H and O–H groups in total. The van der Waals surface area contributed by atoms with E-state index in [2.05, 4.69) is 9.47 Å². The van der Waals surface area contributed by atoms with Gasteiger partial charge in [0.15, 0.2) is 6.61 Å². The Kier molecular flexibility index (Phi) is 5.99. The quantitative estimate of drug-likeness (QED) is 0.424. The average Bonchev–Trinajstić information content (AvgIpc) is 2.43. The van der Waals surface area contributed by atoms with E-state index < -0.39 is 24.5 Å². The van der Waals surface area contributed by atoms with Crippen molar-refractivity contribution in [3.63, 3.8) is 0 Å². The van der Waals surface area contributed by atoms with Crippen LogP contribution >= 0.6 is 0 Å². The maximum absolute atomic E-state index is 11.1. The molecule has 0 atom stereocenters. The second kappa shape index (κ2) is 7.27. The van der Waals surface area contributed by atoms with E-state index >= 15 is 0 Å². The van der Waals surface area contributed by atoms with E-state index in [1.165, 1.54) is 0 Å². The van der Waals surface area contributed by atoms with Crippen LogP contribution in [-0.4, -0.2) is 61.2 Å². The van der Waals surface area contributed by atoms with Gasteiger partial charge in [0, 0.05) is 0 Å². The number of ether oxygens (including phenoxy) is 4. The fraction of sp³-hybridized carbons (Fsp3) is 0.800. The Balaban J connectivity index is 2.28. The molecular weight excluding hydrogens is 248 g/mol. The molecule has 18 heavy (non-hydrogen) atoms. The smallest absolute Gasteiger partial charge is 0.396 e. The van der Waals surface area contributed by atoms with Crippen LogP contribution in [0.25, 0.3) is 0 Å². The van der Waals surface area contributed by atoms with E-state index in [-0.39, 0.29) is 39.3 Å². The number of carbonyl (C=O) groups is 2. The van der Waals surface area contributed by atoms with Gasteiger partial charge in [0.2, 0.25) is 0 Å². The van der Waals surface area contributed by atoms with Crippen LogP contribution < -0.4 is 0 Å². The third-order valence-corrected chi connectivity index (χ3v) is 1.97. The lowest BCUT2D eigenvalue weighted by Gasteiger charge is -2.24. The highest BCUT2D eigenvalue weighted by Crippen LogP contribution is 2.17. The predicted molar refractivity (Wildman–Crippen MR) is 55.1 cm³/mol. The lowest BCUT2D eigenvalue weighted by atomic mass is 10.3. The minimum absolute atomic E-state index is 0.0947. The summed E-state index contributed by atoms with van der Waals surface area (Å²) in [6.07, 6.45) is -0.276. The van der Waals surface area contributed by atoms with Gasteiger partial charge in [-0.1, -0.05) is 0 Å². The van der Waals surface area contributed by atoms with Gasteiger partial charge in [-0.15, -0.1) is 0 Å². The second-order valence-electron chi connectivity index (χ2n) is 3.55. The Hall–Kier alpha value is -1.22. The molecular formula is C10H16O8. The zero-order valence-corrected chi connectivity index (χ0v) is 9.79. The molecule has 0 bridgehead atoms. The van der Waals surface area contributed by atoms with Gasteiger partial charge >= 0.3 is 17.9 Å². The first-order valence-electron chi connectivity index (χ1n) is 5.48. The van der Waals surface area contributed by atoms with E-state index in [0.717, 1.165) is 0 Å². The second-order valence-corrected chi connectivity index (χ2v) is 3.55. The highest BCUT2D eigenvalue weighted by molar-refractivity contribution is 5.79. The molecule has 1 aliphatic heterocycles. The summed E-state index contributed by atoms with van der Waals surface area (Å²) in [4.78, 5) is 22.2. The van der Waals surface area contributed by atoms with Gasteiger partial charge in [0.25, 0.3) is 0 Å². The molecule has 0 aliphatic carbocycles. The van der Waals surface area contributed by atoms with Crippen LogP contribution in [0.1, 0.15) is 12.8 Å². The number of cyclic esters (lactones) is 2. The van der Waals surface area contributed by atoms with E-state index in [1.54, 1.807) is 0 Å². The standard InChI is InChI=1S/C10H16O8/c11-3-4-15-5-6-16-7-10(14)17-8(12)1-2-9(13)18-10/h11,14H,1-7H2. The molecule has 1 heterocycles. The first-order valence-corrected chi connectivity index (χ1v) is 5.48. The highest BCUT2D eigenvalue weighted by Gasteiger charge is 2.39. The third kappa shape index (κ3) is 5.41. The minimum Gasteiger partial charge on any atom is -0.396 e. The minimum atomic E-state index is -2.37. The largest absolute Gasteiger partial charge is 0.398 e. The van der Waals surface area contributed by atoms with Crippen LogP contribution in [0.3, 0.4) is 0 Å². The summed E-state index contributed by atoms with van der Waals surface area (Å²) in [5.74, 6) is -3.84. The normalized spacial score (nSPS) is 19.0. The van der Waals surface area contributed by atoms with Crippen molar-refractivity contribution in [3.8, 4) is 0 Å². The average molecular weight is 264 g/mol. The van der Waals surface area contributed by atoms with Gasteiger partial charge in [-0.25, -0.2) is 0 Å². The summed E-state index contributed by atoms with van der Waals surface area (Å²) >= 11 is 0. The van der Waals surface area contributed by atoms with E-state index in [9.17, 15) is 14.7 Å².